The summed E-state index contributed by atoms with van der Waals surface area (Å²) < 4.78 is 2.05. The van der Waals surface area contributed by atoms with E-state index in [1.54, 1.807) is 0 Å². The van der Waals surface area contributed by atoms with Crippen molar-refractivity contribution >= 4 is 0 Å². The maximum atomic E-state index is 4.45. The zero-order chi connectivity index (χ0) is 14.5. The van der Waals surface area contributed by atoms with Gasteiger partial charge in [-0.2, -0.15) is 5.10 Å². The molecule has 0 radical (unpaired) electrons. The molecule has 0 spiro atoms. The Morgan fingerprint density at radius 1 is 1.40 bits per heavy atom. The first kappa shape index (κ1) is 15.5. The van der Waals surface area contributed by atoms with Gasteiger partial charge in [0.2, 0.25) is 0 Å². The first-order chi connectivity index (χ1) is 9.63. The van der Waals surface area contributed by atoms with Crippen molar-refractivity contribution in [2.75, 3.05) is 40.8 Å². The second-order valence-electron chi connectivity index (χ2n) is 6.01. The fourth-order valence-corrected chi connectivity index (χ4v) is 2.96. The van der Waals surface area contributed by atoms with Crippen LogP contribution in [0.15, 0.2) is 12.4 Å². The van der Waals surface area contributed by atoms with Crippen LogP contribution in [0.4, 0.5) is 0 Å². The molecule has 1 aromatic heterocycles. The number of likely N-dealkylation sites (N-methyl/N-ethyl adjacent to an activating group) is 2. The molecular formula is C15H29N5. The van der Waals surface area contributed by atoms with Crippen LogP contribution in [-0.2, 0) is 6.54 Å². The second-order valence-corrected chi connectivity index (χ2v) is 6.01. The number of aromatic nitrogens is 2. The van der Waals surface area contributed by atoms with Crippen molar-refractivity contribution in [1.82, 2.24) is 24.9 Å². The van der Waals surface area contributed by atoms with Crippen LogP contribution in [0.5, 0.6) is 0 Å². The Balaban J connectivity index is 1.99. The molecule has 0 amide bonds. The van der Waals surface area contributed by atoms with Gasteiger partial charge in [0.25, 0.3) is 0 Å². The molecule has 0 saturated carbocycles. The van der Waals surface area contributed by atoms with E-state index in [-0.39, 0.29) is 0 Å². The number of piperazine rings is 1. The third-order valence-electron chi connectivity index (χ3n) is 4.34. The Morgan fingerprint density at radius 2 is 2.20 bits per heavy atom. The van der Waals surface area contributed by atoms with Crippen molar-refractivity contribution < 1.29 is 0 Å². The molecule has 2 heterocycles. The molecule has 1 saturated heterocycles. The number of hydrogen-bond donors (Lipinski definition) is 1. The number of nitrogens with zero attached hydrogens (tertiary/aromatic N) is 4. The Morgan fingerprint density at radius 3 is 2.90 bits per heavy atom. The van der Waals surface area contributed by atoms with Crippen molar-refractivity contribution in [2.24, 2.45) is 0 Å². The van der Waals surface area contributed by atoms with Gasteiger partial charge in [0.1, 0.15) is 0 Å². The van der Waals surface area contributed by atoms with Crippen LogP contribution in [0.3, 0.4) is 0 Å². The lowest BCUT2D eigenvalue weighted by Crippen LogP contribution is -2.50. The van der Waals surface area contributed by atoms with E-state index in [9.17, 15) is 0 Å². The topological polar surface area (TPSA) is 36.3 Å². The fraction of sp³-hybridized carbons (Fsp3) is 0.800. The summed E-state index contributed by atoms with van der Waals surface area (Å²) in [5, 5.41) is 7.91. The van der Waals surface area contributed by atoms with Crippen LogP contribution in [0.2, 0.25) is 0 Å². The number of aryl methyl sites for hydroxylation is 1. The van der Waals surface area contributed by atoms with Gasteiger partial charge in [-0.25, -0.2) is 0 Å². The van der Waals surface area contributed by atoms with Crippen LogP contribution < -0.4 is 5.32 Å². The normalized spacial score (nSPS) is 23.1. The molecule has 0 aliphatic carbocycles. The van der Waals surface area contributed by atoms with Crippen LogP contribution in [-0.4, -0.2) is 66.4 Å². The highest BCUT2D eigenvalue weighted by atomic mass is 15.3. The first-order valence-electron chi connectivity index (χ1n) is 7.72. The lowest BCUT2D eigenvalue weighted by Gasteiger charge is -2.39. The third kappa shape index (κ3) is 3.81. The van der Waals surface area contributed by atoms with Crippen LogP contribution >= 0.6 is 0 Å². The highest BCUT2D eigenvalue weighted by Gasteiger charge is 2.25. The highest BCUT2D eigenvalue weighted by Crippen LogP contribution is 2.21. The summed E-state index contributed by atoms with van der Waals surface area (Å²) >= 11 is 0. The Bertz CT molecular complexity index is 403. The summed E-state index contributed by atoms with van der Waals surface area (Å²) in [4.78, 5) is 4.92. The molecule has 2 rings (SSSR count). The SMILES string of the molecule is CCCn1cc(C(CC2CN(C)CCN2C)NC)cn1. The van der Waals surface area contributed by atoms with Crippen LogP contribution in [0.25, 0.3) is 0 Å². The highest BCUT2D eigenvalue weighted by molar-refractivity contribution is 5.11. The summed E-state index contributed by atoms with van der Waals surface area (Å²) in [5.74, 6) is 0. The van der Waals surface area contributed by atoms with Gasteiger partial charge < -0.3 is 15.1 Å². The molecule has 5 heteroatoms. The number of nitrogens with one attached hydrogen (secondary N) is 1. The molecule has 114 valence electrons. The molecule has 2 atom stereocenters. The molecular weight excluding hydrogens is 250 g/mol. The van der Waals surface area contributed by atoms with Crippen molar-refractivity contribution in [1.29, 1.82) is 0 Å². The molecule has 1 aromatic rings. The van der Waals surface area contributed by atoms with Crippen LogP contribution in [0.1, 0.15) is 31.4 Å². The van der Waals surface area contributed by atoms with Gasteiger partial charge in [0, 0.05) is 50.0 Å². The minimum Gasteiger partial charge on any atom is -0.313 e. The largest absolute Gasteiger partial charge is 0.313 e. The van der Waals surface area contributed by atoms with Crippen molar-refractivity contribution in [3.05, 3.63) is 18.0 Å². The van der Waals surface area contributed by atoms with Gasteiger partial charge in [-0.15, -0.1) is 0 Å². The molecule has 1 aliphatic heterocycles. The van der Waals surface area contributed by atoms with E-state index in [0.29, 0.717) is 12.1 Å². The molecule has 0 aromatic carbocycles. The summed E-state index contributed by atoms with van der Waals surface area (Å²) in [5.41, 5.74) is 1.31. The fourth-order valence-electron chi connectivity index (χ4n) is 2.96. The zero-order valence-electron chi connectivity index (χ0n) is 13.3. The van der Waals surface area contributed by atoms with Gasteiger partial charge >= 0.3 is 0 Å². The van der Waals surface area contributed by atoms with E-state index in [4.69, 9.17) is 0 Å². The standard InChI is InChI=1S/C15H29N5/c1-5-6-20-11-13(10-17-20)15(16-2)9-14-12-18(3)7-8-19(14)4/h10-11,14-16H,5-9,12H2,1-4H3. The second kappa shape index (κ2) is 7.20. The van der Waals surface area contributed by atoms with Gasteiger partial charge in [0.15, 0.2) is 0 Å². The lowest BCUT2D eigenvalue weighted by molar-refractivity contribution is 0.102. The quantitative estimate of drug-likeness (QED) is 0.848. The van der Waals surface area contributed by atoms with Crippen molar-refractivity contribution in [3.63, 3.8) is 0 Å². The first-order valence-corrected chi connectivity index (χ1v) is 7.72. The van der Waals surface area contributed by atoms with E-state index in [1.807, 2.05) is 13.2 Å². The predicted octanol–water partition coefficient (Wildman–Crippen LogP) is 1.19. The molecule has 2 unspecified atom stereocenters. The maximum Gasteiger partial charge on any atom is 0.0537 e. The third-order valence-corrected chi connectivity index (χ3v) is 4.34. The van der Waals surface area contributed by atoms with Gasteiger partial charge in [-0.05, 0) is 34.0 Å². The summed E-state index contributed by atoms with van der Waals surface area (Å²) in [6.07, 6.45) is 6.47. The zero-order valence-corrected chi connectivity index (χ0v) is 13.3. The summed E-state index contributed by atoms with van der Waals surface area (Å²) in [6, 6.07) is 1.00. The molecule has 1 fully saturated rings. The average molecular weight is 279 g/mol. The minimum absolute atomic E-state index is 0.388. The predicted molar refractivity (Wildman–Crippen MR) is 82.9 cm³/mol. The summed E-state index contributed by atoms with van der Waals surface area (Å²) in [7, 11) is 6.51. The molecule has 0 bridgehead atoms. The van der Waals surface area contributed by atoms with E-state index in [2.05, 4.69) is 52.1 Å². The van der Waals surface area contributed by atoms with Crippen LogP contribution in [0, 0.1) is 0 Å². The Hall–Kier alpha value is -0.910. The van der Waals surface area contributed by atoms with Crippen molar-refractivity contribution in [2.45, 2.75) is 38.4 Å². The van der Waals surface area contributed by atoms with Gasteiger partial charge in [0.05, 0.1) is 6.20 Å². The van der Waals surface area contributed by atoms with E-state index >= 15 is 0 Å². The Labute approximate surface area is 122 Å². The molecule has 1 aliphatic rings. The minimum atomic E-state index is 0.388. The van der Waals surface area contributed by atoms with Crippen molar-refractivity contribution in [3.8, 4) is 0 Å². The average Bonchev–Trinajstić information content (AvgIpc) is 2.88. The van der Waals surface area contributed by atoms with E-state index in [0.717, 1.165) is 32.5 Å². The number of hydrogen-bond acceptors (Lipinski definition) is 4. The van der Waals surface area contributed by atoms with E-state index < -0.39 is 0 Å². The maximum absolute atomic E-state index is 4.45. The summed E-state index contributed by atoms with van der Waals surface area (Å²) in [6.45, 7) is 6.67. The molecule has 1 N–H and O–H groups in total. The smallest absolute Gasteiger partial charge is 0.0537 e. The lowest BCUT2D eigenvalue weighted by atomic mass is 9.99. The molecule has 5 nitrogen and oxygen atoms in total. The Kier molecular flexibility index (Phi) is 5.57. The number of rotatable bonds is 6. The molecule has 20 heavy (non-hydrogen) atoms. The van der Waals surface area contributed by atoms with Gasteiger partial charge in [-0.3, -0.25) is 4.68 Å². The monoisotopic (exact) mass is 279 g/mol. The van der Waals surface area contributed by atoms with Gasteiger partial charge in [-0.1, -0.05) is 6.92 Å². The van der Waals surface area contributed by atoms with E-state index in [1.165, 1.54) is 12.1 Å².